The standard InChI is InChI=1S/C16H13BrFN3/c1-9-7-12(18)11(17)8-15(9)21-14-5-6-20-16-10(14)3-2-4-13(16)19/h2-8H,19H2,1H3,(H,20,21). The first-order valence-corrected chi connectivity index (χ1v) is 7.21. The lowest BCUT2D eigenvalue weighted by Crippen LogP contribution is -1.97. The third-order valence-electron chi connectivity index (χ3n) is 3.34. The molecule has 106 valence electrons. The SMILES string of the molecule is Cc1cc(F)c(Br)cc1Nc1ccnc2c(N)cccc12. The Morgan fingerprint density at radius 2 is 2.00 bits per heavy atom. The van der Waals surface area contributed by atoms with E-state index in [4.69, 9.17) is 5.73 Å². The van der Waals surface area contributed by atoms with E-state index < -0.39 is 0 Å². The molecular weight excluding hydrogens is 333 g/mol. The second-order valence-corrected chi connectivity index (χ2v) is 5.66. The lowest BCUT2D eigenvalue weighted by atomic mass is 10.1. The van der Waals surface area contributed by atoms with E-state index in [9.17, 15) is 4.39 Å². The molecule has 0 bridgehead atoms. The average Bonchev–Trinajstić information content (AvgIpc) is 2.46. The Morgan fingerprint density at radius 1 is 1.19 bits per heavy atom. The van der Waals surface area contributed by atoms with Crippen LogP contribution in [0.4, 0.5) is 21.5 Å². The minimum absolute atomic E-state index is 0.276. The van der Waals surface area contributed by atoms with Gasteiger partial charge in [0.15, 0.2) is 0 Å². The highest BCUT2D eigenvalue weighted by atomic mass is 79.9. The number of aromatic nitrogens is 1. The monoisotopic (exact) mass is 345 g/mol. The first-order chi connectivity index (χ1) is 10.1. The largest absolute Gasteiger partial charge is 0.397 e. The Hall–Kier alpha value is -2.14. The number of hydrogen-bond acceptors (Lipinski definition) is 3. The smallest absolute Gasteiger partial charge is 0.137 e. The maximum Gasteiger partial charge on any atom is 0.137 e. The molecule has 0 aliphatic heterocycles. The van der Waals surface area contributed by atoms with E-state index in [-0.39, 0.29) is 5.82 Å². The number of benzene rings is 2. The summed E-state index contributed by atoms with van der Waals surface area (Å²) in [5.41, 5.74) is 9.87. The van der Waals surface area contributed by atoms with Gasteiger partial charge < -0.3 is 11.1 Å². The van der Waals surface area contributed by atoms with Crippen LogP contribution in [0.5, 0.6) is 0 Å². The number of nitrogens with zero attached hydrogens (tertiary/aromatic N) is 1. The molecule has 1 aromatic heterocycles. The molecule has 3 N–H and O–H groups in total. The molecule has 0 spiro atoms. The average molecular weight is 346 g/mol. The summed E-state index contributed by atoms with van der Waals surface area (Å²) in [5.74, 6) is -0.276. The molecule has 0 atom stereocenters. The van der Waals surface area contributed by atoms with Gasteiger partial charge in [0.1, 0.15) is 5.82 Å². The molecule has 1 heterocycles. The maximum atomic E-state index is 13.5. The topological polar surface area (TPSA) is 50.9 Å². The molecule has 0 saturated heterocycles. The highest BCUT2D eigenvalue weighted by Gasteiger charge is 2.08. The van der Waals surface area contributed by atoms with Gasteiger partial charge in [-0.3, -0.25) is 4.98 Å². The number of hydrogen-bond donors (Lipinski definition) is 2. The fourth-order valence-corrected chi connectivity index (χ4v) is 2.58. The van der Waals surface area contributed by atoms with Gasteiger partial charge in [-0.05, 0) is 52.7 Å². The predicted octanol–water partition coefficient (Wildman–Crippen LogP) is 4.77. The van der Waals surface area contributed by atoms with Gasteiger partial charge in [0.25, 0.3) is 0 Å². The van der Waals surface area contributed by atoms with Gasteiger partial charge in [0.2, 0.25) is 0 Å². The molecule has 0 radical (unpaired) electrons. The lowest BCUT2D eigenvalue weighted by Gasteiger charge is -2.13. The second kappa shape index (κ2) is 5.33. The molecule has 21 heavy (non-hydrogen) atoms. The molecule has 0 saturated carbocycles. The van der Waals surface area contributed by atoms with Crippen LogP contribution in [0.2, 0.25) is 0 Å². The molecule has 0 fully saturated rings. The van der Waals surface area contributed by atoms with E-state index in [2.05, 4.69) is 26.2 Å². The molecule has 5 heteroatoms. The molecule has 0 amide bonds. The van der Waals surface area contributed by atoms with Gasteiger partial charge in [-0.15, -0.1) is 0 Å². The number of fused-ring (bicyclic) bond motifs is 1. The predicted molar refractivity (Wildman–Crippen MR) is 88.3 cm³/mol. The van der Waals surface area contributed by atoms with Crippen molar-refractivity contribution in [2.45, 2.75) is 6.92 Å². The molecule has 0 unspecified atom stereocenters. The maximum absolute atomic E-state index is 13.5. The van der Waals surface area contributed by atoms with Crippen molar-refractivity contribution in [1.82, 2.24) is 4.98 Å². The van der Waals surface area contributed by atoms with Crippen LogP contribution in [0.1, 0.15) is 5.56 Å². The van der Waals surface area contributed by atoms with Crippen LogP contribution in [-0.4, -0.2) is 4.98 Å². The third kappa shape index (κ3) is 2.56. The number of pyridine rings is 1. The normalized spacial score (nSPS) is 10.8. The van der Waals surface area contributed by atoms with Crippen molar-refractivity contribution in [2.75, 3.05) is 11.1 Å². The summed E-state index contributed by atoms with van der Waals surface area (Å²) >= 11 is 3.21. The van der Waals surface area contributed by atoms with Crippen LogP contribution in [0.15, 0.2) is 47.1 Å². The number of nitrogens with two attached hydrogens (primary N) is 1. The molecule has 0 aliphatic carbocycles. The van der Waals surface area contributed by atoms with E-state index in [0.717, 1.165) is 27.8 Å². The van der Waals surface area contributed by atoms with Crippen molar-refractivity contribution >= 4 is 43.9 Å². The molecule has 0 aliphatic rings. The fourth-order valence-electron chi connectivity index (χ4n) is 2.23. The van der Waals surface area contributed by atoms with Crippen LogP contribution >= 0.6 is 15.9 Å². The van der Waals surface area contributed by atoms with Crippen LogP contribution in [0.3, 0.4) is 0 Å². The van der Waals surface area contributed by atoms with Crippen molar-refractivity contribution in [1.29, 1.82) is 0 Å². The Bertz CT molecular complexity index is 833. The number of nitrogen functional groups attached to an aromatic ring is 1. The first kappa shape index (κ1) is 13.8. The number of para-hydroxylation sites is 1. The van der Waals surface area contributed by atoms with Crippen molar-refractivity contribution in [3.8, 4) is 0 Å². The van der Waals surface area contributed by atoms with Gasteiger partial charge >= 0.3 is 0 Å². The minimum atomic E-state index is -0.276. The van der Waals surface area contributed by atoms with Gasteiger partial charge in [0.05, 0.1) is 15.7 Å². The summed E-state index contributed by atoms with van der Waals surface area (Å²) in [4.78, 5) is 4.30. The summed E-state index contributed by atoms with van der Waals surface area (Å²) in [6, 6.07) is 10.7. The van der Waals surface area contributed by atoms with Crippen LogP contribution in [0, 0.1) is 12.7 Å². The molecule has 2 aromatic carbocycles. The van der Waals surface area contributed by atoms with Gasteiger partial charge in [-0.2, -0.15) is 0 Å². The van der Waals surface area contributed by atoms with Crippen LogP contribution in [0.25, 0.3) is 10.9 Å². The van der Waals surface area contributed by atoms with Gasteiger partial charge in [-0.25, -0.2) is 4.39 Å². The van der Waals surface area contributed by atoms with Crippen molar-refractivity contribution < 1.29 is 4.39 Å². The number of aryl methyl sites for hydroxylation is 1. The quantitative estimate of drug-likeness (QED) is 0.657. The van der Waals surface area contributed by atoms with Gasteiger partial charge in [-0.1, -0.05) is 12.1 Å². The number of rotatable bonds is 2. The summed E-state index contributed by atoms with van der Waals surface area (Å²) in [6.07, 6.45) is 1.70. The van der Waals surface area contributed by atoms with Crippen molar-refractivity contribution in [3.05, 3.63) is 58.4 Å². The van der Waals surface area contributed by atoms with Crippen LogP contribution in [-0.2, 0) is 0 Å². The summed E-state index contributed by atoms with van der Waals surface area (Å²) in [6.45, 7) is 1.86. The highest BCUT2D eigenvalue weighted by molar-refractivity contribution is 9.10. The van der Waals surface area contributed by atoms with Crippen LogP contribution < -0.4 is 11.1 Å². The van der Waals surface area contributed by atoms with E-state index in [1.807, 2.05) is 31.2 Å². The highest BCUT2D eigenvalue weighted by Crippen LogP contribution is 2.31. The Kier molecular flexibility index (Phi) is 3.51. The van der Waals surface area contributed by atoms with Crippen molar-refractivity contribution in [2.24, 2.45) is 0 Å². The molecule has 3 nitrogen and oxygen atoms in total. The number of nitrogens with one attached hydrogen (secondary N) is 1. The van der Waals surface area contributed by atoms with Gasteiger partial charge in [0, 0.05) is 23.0 Å². The summed E-state index contributed by atoms with van der Waals surface area (Å²) in [7, 11) is 0. The zero-order chi connectivity index (χ0) is 15.0. The molecule has 3 rings (SSSR count). The molecular formula is C16H13BrFN3. The first-order valence-electron chi connectivity index (χ1n) is 6.42. The second-order valence-electron chi connectivity index (χ2n) is 4.81. The lowest BCUT2D eigenvalue weighted by molar-refractivity contribution is 0.620. The zero-order valence-electron chi connectivity index (χ0n) is 11.3. The van der Waals surface area contributed by atoms with E-state index in [1.54, 1.807) is 12.3 Å². The third-order valence-corrected chi connectivity index (χ3v) is 3.95. The Morgan fingerprint density at radius 3 is 2.81 bits per heavy atom. The summed E-state index contributed by atoms with van der Waals surface area (Å²) in [5, 5.41) is 4.25. The van der Waals surface area contributed by atoms with E-state index >= 15 is 0 Å². The summed E-state index contributed by atoms with van der Waals surface area (Å²) < 4.78 is 13.9. The molecule has 3 aromatic rings. The Balaban J connectivity index is 2.11. The van der Waals surface area contributed by atoms with E-state index in [0.29, 0.717) is 10.2 Å². The van der Waals surface area contributed by atoms with E-state index in [1.165, 1.54) is 6.07 Å². The number of anilines is 3. The number of halogens is 2. The minimum Gasteiger partial charge on any atom is -0.397 e. The zero-order valence-corrected chi connectivity index (χ0v) is 12.9. The Labute approximate surface area is 130 Å². The fraction of sp³-hybridized carbons (Fsp3) is 0.0625. The van der Waals surface area contributed by atoms with Crippen molar-refractivity contribution in [3.63, 3.8) is 0 Å².